The number of nitrogens with one attached hydrogen (secondary N) is 4. The van der Waals surface area contributed by atoms with E-state index in [0.717, 1.165) is 43.5 Å². The highest BCUT2D eigenvalue weighted by Gasteiger charge is 2.35. The van der Waals surface area contributed by atoms with Crippen molar-refractivity contribution in [1.29, 1.82) is 0 Å². The van der Waals surface area contributed by atoms with Gasteiger partial charge in [0.05, 0.1) is 52.2 Å². The van der Waals surface area contributed by atoms with Crippen LogP contribution in [-0.4, -0.2) is 88.7 Å². The topological polar surface area (TPSA) is 137 Å². The van der Waals surface area contributed by atoms with Gasteiger partial charge in [-0.2, -0.15) is 18.3 Å². The molecule has 0 radical (unpaired) electrons. The number of urea groups is 1. The van der Waals surface area contributed by atoms with Gasteiger partial charge in [-0.25, -0.2) is 19.2 Å². The average Bonchev–Trinajstić information content (AvgIpc) is 3.61. The number of pyridine rings is 1. The number of fused-ring (bicyclic) bond motifs is 1. The predicted octanol–water partition coefficient (Wildman–Crippen LogP) is 3.77. The highest BCUT2D eigenvalue weighted by Crippen LogP contribution is 2.33. The number of alkyl halides is 4. The zero-order valence-corrected chi connectivity index (χ0v) is 22.4. The fourth-order valence-electron chi connectivity index (χ4n) is 4.36. The van der Waals surface area contributed by atoms with E-state index in [0.29, 0.717) is 53.0 Å². The monoisotopic (exact) mass is 594 g/mol. The zero-order chi connectivity index (χ0) is 29.0. The van der Waals surface area contributed by atoms with Crippen molar-refractivity contribution in [1.82, 2.24) is 35.7 Å². The molecule has 4 heterocycles. The number of amides is 3. The minimum Gasteiger partial charge on any atom is -0.379 e. The number of H-pyrrole nitrogens is 1. The first kappa shape index (κ1) is 28.6. The summed E-state index contributed by atoms with van der Waals surface area (Å²) in [6.45, 7) is 4.49. The second-order valence-electron chi connectivity index (χ2n) is 9.32. The molecule has 218 valence electrons. The van der Waals surface area contributed by atoms with Gasteiger partial charge in [-0.05, 0) is 25.1 Å². The van der Waals surface area contributed by atoms with Gasteiger partial charge in [0.25, 0.3) is 5.91 Å². The van der Waals surface area contributed by atoms with Crippen LogP contribution in [-0.2, 0) is 4.74 Å². The van der Waals surface area contributed by atoms with Gasteiger partial charge in [-0.15, -0.1) is 0 Å². The Kier molecular flexibility index (Phi) is 8.60. The molecule has 0 saturated carbocycles. The van der Waals surface area contributed by atoms with E-state index in [1.807, 2.05) is 0 Å². The Balaban J connectivity index is 1.23. The van der Waals surface area contributed by atoms with E-state index < -0.39 is 36.1 Å². The fraction of sp³-hybridized carbons (Fsp3) is 0.400. The van der Waals surface area contributed by atoms with Gasteiger partial charge < -0.3 is 15.4 Å². The molecule has 16 heteroatoms. The van der Waals surface area contributed by atoms with Crippen molar-refractivity contribution >= 4 is 39.4 Å². The normalized spacial score (nSPS) is 18.1. The van der Waals surface area contributed by atoms with Crippen molar-refractivity contribution in [3.63, 3.8) is 0 Å². The lowest BCUT2D eigenvalue weighted by atomic mass is 10.0. The van der Waals surface area contributed by atoms with Gasteiger partial charge in [0.2, 0.25) is 0 Å². The van der Waals surface area contributed by atoms with Crippen LogP contribution in [0.5, 0.6) is 0 Å². The molecular weight excluding hydrogens is 568 g/mol. The van der Waals surface area contributed by atoms with Crippen LogP contribution in [0.3, 0.4) is 0 Å². The van der Waals surface area contributed by atoms with Crippen LogP contribution in [0, 0.1) is 0 Å². The molecule has 3 amide bonds. The summed E-state index contributed by atoms with van der Waals surface area (Å²) in [4.78, 5) is 36.8. The first-order valence-corrected chi connectivity index (χ1v) is 13.6. The van der Waals surface area contributed by atoms with E-state index in [-0.39, 0.29) is 11.0 Å². The molecule has 2 aliphatic rings. The highest BCUT2D eigenvalue weighted by atomic mass is 32.1. The standard InChI is InChI=1S/C25H26F4N8O3S/c26-17-3-2-14(25(27,28)29)10-18(17)34-23(39)35-24-31-13-20(41-24)19-11-15(16-12-32-36-21(16)33-19)22(38)30-4-1-5-37-6-8-40-9-7-37/h2,10-13,17H,1,3-9H2,(H,30,38)(H,32,33,36)(H2,31,34,35,39). The summed E-state index contributed by atoms with van der Waals surface area (Å²) >= 11 is 1.02. The van der Waals surface area contributed by atoms with Crippen molar-refractivity contribution in [2.75, 3.05) is 44.7 Å². The number of nitrogens with zero attached hydrogens (tertiary/aromatic N) is 4. The number of carbonyl (C=O) groups is 2. The molecule has 1 unspecified atom stereocenters. The Morgan fingerprint density at radius 1 is 1.20 bits per heavy atom. The predicted molar refractivity (Wildman–Crippen MR) is 143 cm³/mol. The lowest BCUT2D eigenvalue weighted by Crippen LogP contribution is -2.38. The largest absolute Gasteiger partial charge is 0.416 e. The van der Waals surface area contributed by atoms with E-state index in [2.05, 4.69) is 41.0 Å². The molecule has 3 aromatic heterocycles. The number of hydrogen-bond donors (Lipinski definition) is 4. The van der Waals surface area contributed by atoms with Crippen molar-refractivity contribution in [3.8, 4) is 10.6 Å². The lowest BCUT2D eigenvalue weighted by Gasteiger charge is -2.26. The third-order valence-electron chi connectivity index (χ3n) is 6.46. The number of rotatable bonds is 8. The molecule has 11 nitrogen and oxygen atoms in total. The van der Waals surface area contributed by atoms with E-state index in [1.165, 1.54) is 12.4 Å². The number of halogens is 4. The van der Waals surface area contributed by atoms with E-state index >= 15 is 0 Å². The third kappa shape index (κ3) is 7.07. The van der Waals surface area contributed by atoms with Crippen molar-refractivity contribution in [2.24, 2.45) is 0 Å². The Labute approximate surface area is 235 Å². The zero-order valence-electron chi connectivity index (χ0n) is 21.6. The highest BCUT2D eigenvalue weighted by molar-refractivity contribution is 7.19. The van der Waals surface area contributed by atoms with Gasteiger partial charge in [0.1, 0.15) is 6.17 Å². The third-order valence-corrected chi connectivity index (χ3v) is 7.40. The Hall–Kier alpha value is -3.89. The van der Waals surface area contributed by atoms with Crippen molar-refractivity contribution < 1.29 is 31.9 Å². The Morgan fingerprint density at radius 3 is 2.78 bits per heavy atom. The maximum Gasteiger partial charge on any atom is 0.416 e. The van der Waals surface area contributed by atoms with Crippen LogP contribution in [0.1, 0.15) is 23.2 Å². The molecule has 0 aromatic carbocycles. The Morgan fingerprint density at radius 2 is 2.00 bits per heavy atom. The fourth-order valence-corrected chi connectivity index (χ4v) is 5.14. The SMILES string of the molecule is O=C(NC1=CC(C(F)(F)F)=CCC1F)Nc1ncc(-c2cc(C(=O)NCCCN3CCOCC3)c3cn[nH]c3n2)s1. The van der Waals surface area contributed by atoms with Gasteiger partial charge in [-0.1, -0.05) is 17.4 Å². The molecule has 0 spiro atoms. The number of thiazole rings is 1. The summed E-state index contributed by atoms with van der Waals surface area (Å²) in [6, 6.07) is 0.648. The number of aromatic amines is 1. The maximum absolute atomic E-state index is 14.1. The summed E-state index contributed by atoms with van der Waals surface area (Å²) in [7, 11) is 0. The number of aromatic nitrogens is 4. The van der Waals surface area contributed by atoms with Crippen LogP contribution < -0.4 is 16.0 Å². The first-order chi connectivity index (χ1) is 19.7. The molecule has 41 heavy (non-hydrogen) atoms. The van der Waals surface area contributed by atoms with Crippen LogP contribution >= 0.6 is 11.3 Å². The summed E-state index contributed by atoms with van der Waals surface area (Å²) < 4.78 is 58.4. The van der Waals surface area contributed by atoms with Gasteiger partial charge in [-0.3, -0.25) is 20.1 Å². The molecule has 3 aromatic rings. The minimum atomic E-state index is -4.66. The summed E-state index contributed by atoms with van der Waals surface area (Å²) in [6.07, 6.45) is -1.92. The number of hydrogen-bond acceptors (Lipinski definition) is 8. The molecule has 1 atom stereocenters. The van der Waals surface area contributed by atoms with E-state index in [9.17, 15) is 27.2 Å². The number of ether oxygens (including phenoxy) is 1. The first-order valence-electron chi connectivity index (χ1n) is 12.8. The van der Waals surface area contributed by atoms with Gasteiger partial charge >= 0.3 is 12.2 Å². The Bertz CT molecular complexity index is 1480. The van der Waals surface area contributed by atoms with E-state index in [4.69, 9.17) is 4.74 Å². The lowest BCUT2D eigenvalue weighted by molar-refractivity contribution is -0.0889. The smallest absolute Gasteiger partial charge is 0.379 e. The molecule has 0 bridgehead atoms. The molecule has 5 rings (SSSR count). The van der Waals surface area contributed by atoms with Gasteiger partial charge in [0, 0.05) is 32.3 Å². The second kappa shape index (κ2) is 12.3. The van der Waals surface area contributed by atoms with Crippen molar-refractivity contribution in [2.45, 2.75) is 25.2 Å². The van der Waals surface area contributed by atoms with Gasteiger partial charge in [0.15, 0.2) is 10.8 Å². The van der Waals surface area contributed by atoms with Crippen LogP contribution in [0.2, 0.25) is 0 Å². The molecule has 1 aliphatic carbocycles. The van der Waals surface area contributed by atoms with Crippen LogP contribution in [0.4, 0.5) is 27.5 Å². The molecule has 4 N–H and O–H groups in total. The molecule has 1 fully saturated rings. The average molecular weight is 595 g/mol. The number of morpholine rings is 1. The van der Waals surface area contributed by atoms with Crippen LogP contribution in [0.25, 0.3) is 21.6 Å². The molecule has 1 saturated heterocycles. The van der Waals surface area contributed by atoms with E-state index in [1.54, 1.807) is 6.07 Å². The summed E-state index contributed by atoms with van der Waals surface area (Å²) in [5.74, 6) is -0.293. The summed E-state index contributed by atoms with van der Waals surface area (Å²) in [5.41, 5.74) is -0.396. The number of carbonyl (C=O) groups excluding carboxylic acids is 2. The molecular formula is C25H26F4N8O3S. The quantitative estimate of drug-likeness (QED) is 0.230. The summed E-state index contributed by atoms with van der Waals surface area (Å²) in [5, 5.41) is 14.8. The number of allylic oxidation sites excluding steroid dienone is 4. The number of anilines is 1. The minimum absolute atomic E-state index is 0.0940. The van der Waals surface area contributed by atoms with Crippen molar-refractivity contribution in [3.05, 3.63) is 47.4 Å². The second-order valence-corrected chi connectivity index (χ2v) is 10.4. The van der Waals surface area contributed by atoms with Crippen LogP contribution in [0.15, 0.2) is 41.9 Å². The molecule has 1 aliphatic heterocycles. The maximum atomic E-state index is 14.1.